The monoisotopic (exact) mass is 211 g/mol. The molecule has 0 spiro atoms. The van der Waals surface area contributed by atoms with E-state index in [0.29, 0.717) is 0 Å². The Hall–Kier alpha value is -1.32. The lowest BCUT2D eigenvalue weighted by Gasteiger charge is -2.17. The molecule has 0 radical (unpaired) electrons. The zero-order valence-corrected chi connectivity index (χ0v) is 9.12. The second-order valence-corrected chi connectivity index (χ2v) is 4.78. The topological polar surface area (TPSA) is 66.4 Å². The van der Waals surface area contributed by atoms with Gasteiger partial charge < -0.3 is 10.4 Å². The van der Waals surface area contributed by atoms with Gasteiger partial charge in [-0.3, -0.25) is 4.79 Å². The molecule has 1 aliphatic rings. The van der Waals surface area contributed by atoms with Crippen molar-refractivity contribution in [1.29, 1.82) is 0 Å². The van der Waals surface area contributed by atoms with Gasteiger partial charge in [-0.1, -0.05) is 13.8 Å². The van der Waals surface area contributed by atoms with Gasteiger partial charge >= 0.3 is 5.97 Å². The fourth-order valence-corrected chi connectivity index (χ4v) is 1.96. The highest BCUT2D eigenvalue weighted by molar-refractivity contribution is 5.93. The van der Waals surface area contributed by atoms with Gasteiger partial charge in [0.25, 0.3) is 0 Å². The van der Waals surface area contributed by atoms with E-state index in [0.717, 1.165) is 31.4 Å². The van der Waals surface area contributed by atoms with Gasteiger partial charge in [-0.15, -0.1) is 0 Å². The van der Waals surface area contributed by atoms with E-state index in [4.69, 9.17) is 5.11 Å². The lowest BCUT2D eigenvalue weighted by Crippen LogP contribution is -2.32. The minimum atomic E-state index is -1.10. The third-order valence-corrected chi connectivity index (χ3v) is 2.69. The first-order valence-electron chi connectivity index (χ1n) is 5.10. The van der Waals surface area contributed by atoms with Crippen LogP contribution in [0.2, 0.25) is 0 Å². The van der Waals surface area contributed by atoms with Crippen LogP contribution in [0.4, 0.5) is 0 Å². The molecule has 1 rings (SSSR count). The second kappa shape index (κ2) is 4.47. The summed E-state index contributed by atoms with van der Waals surface area (Å²) in [5.74, 6) is -1.42. The standard InChI is InChI=1S/C11H17NO3/c1-11(2)6-5-8(7-11)12-9(13)3-4-10(14)15/h3-4,8H,5-7H2,1-2H3,(H,12,13)(H,14,15)/b4-3+. The Balaban J connectivity index is 2.37. The van der Waals surface area contributed by atoms with Crippen molar-refractivity contribution in [3.63, 3.8) is 0 Å². The van der Waals surface area contributed by atoms with Crippen LogP contribution in [-0.2, 0) is 9.59 Å². The SMILES string of the molecule is CC1(C)CCC(NC(=O)/C=C/C(=O)O)C1. The van der Waals surface area contributed by atoms with Gasteiger partial charge in [-0.05, 0) is 24.7 Å². The van der Waals surface area contributed by atoms with Crippen LogP contribution in [0.5, 0.6) is 0 Å². The fraction of sp³-hybridized carbons (Fsp3) is 0.636. The predicted octanol–water partition coefficient (Wildman–Crippen LogP) is 1.32. The molecular formula is C11H17NO3. The average molecular weight is 211 g/mol. The van der Waals surface area contributed by atoms with Crippen LogP contribution >= 0.6 is 0 Å². The number of aliphatic carboxylic acids is 1. The summed E-state index contributed by atoms with van der Waals surface area (Å²) < 4.78 is 0. The molecule has 15 heavy (non-hydrogen) atoms. The number of carboxylic acid groups (broad SMARTS) is 1. The second-order valence-electron chi connectivity index (χ2n) is 4.78. The van der Waals surface area contributed by atoms with Crippen molar-refractivity contribution in [3.05, 3.63) is 12.2 Å². The molecule has 1 fully saturated rings. The Morgan fingerprint density at radius 1 is 1.40 bits per heavy atom. The van der Waals surface area contributed by atoms with E-state index in [-0.39, 0.29) is 17.4 Å². The van der Waals surface area contributed by atoms with E-state index in [2.05, 4.69) is 19.2 Å². The maximum atomic E-state index is 11.3. The van der Waals surface area contributed by atoms with Gasteiger partial charge in [0.2, 0.25) is 5.91 Å². The Bertz CT molecular complexity index is 294. The van der Waals surface area contributed by atoms with Crippen LogP contribution in [0.1, 0.15) is 33.1 Å². The first-order chi connectivity index (χ1) is 6.89. The minimum absolute atomic E-state index is 0.186. The van der Waals surface area contributed by atoms with Gasteiger partial charge in [-0.2, -0.15) is 0 Å². The molecule has 1 unspecified atom stereocenters. The normalized spacial score (nSPS) is 24.3. The molecule has 1 amide bonds. The molecule has 0 aliphatic heterocycles. The van der Waals surface area contributed by atoms with Gasteiger partial charge in [0.05, 0.1) is 0 Å². The maximum Gasteiger partial charge on any atom is 0.328 e. The van der Waals surface area contributed by atoms with Crippen molar-refractivity contribution < 1.29 is 14.7 Å². The van der Waals surface area contributed by atoms with Crippen molar-refractivity contribution in [2.45, 2.75) is 39.2 Å². The number of amides is 1. The van der Waals surface area contributed by atoms with Crippen molar-refractivity contribution in [1.82, 2.24) is 5.32 Å². The highest BCUT2D eigenvalue weighted by Crippen LogP contribution is 2.36. The largest absolute Gasteiger partial charge is 0.478 e. The van der Waals surface area contributed by atoms with Gasteiger partial charge in [-0.25, -0.2) is 4.79 Å². The third kappa shape index (κ3) is 4.14. The van der Waals surface area contributed by atoms with Crippen LogP contribution in [0.25, 0.3) is 0 Å². The number of carbonyl (C=O) groups excluding carboxylic acids is 1. The number of hydrogen-bond donors (Lipinski definition) is 2. The number of carboxylic acids is 1. The van der Waals surface area contributed by atoms with E-state index < -0.39 is 5.97 Å². The predicted molar refractivity (Wildman–Crippen MR) is 56.3 cm³/mol. The summed E-state index contributed by atoms with van der Waals surface area (Å²) in [6.45, 7) is 4.35. The summed E-state index contributed by atoms with van der Waals surface area (Å²) >= 11 is 0. The van der Waals surface area contributed by atoms with Crippen LogP contribution < -0.4 is 5.32 Å². The molecule has 84 valence electrons. The molecule has 1 atom stereocenters. The molecular weight excluding hydrogens is 194 g/mol. The van der Waals surface area contributed by atoms with E-state index in [9.17, 15) is 9.59 Å². The molecule has 0 bridgehead atoms. The lowest BCUT2D eigenvalue weighted by atomic mass is 9.92. The van der Waals surface area contributed by atoms with Crippen molar-refractivity contribution >= 4 is 11.9 Å². The van der Waals surface area contributed by atoms with E-state index in [1.165, 1.54) is 0 Å². The van der Waals surface area contributed by atoms with Crippen molar-refractivity contribution in [2.75, 3.05) is 0 Å². The zero-order valence-electron chi connectivity index (χ0n) is 9.12. The molecule has 0 aromatic carbocycles. The molecule has 1 aliphatic carbocycles. The van der Waals surface area contributed by atoms with Crippen LogP contribution in [-0.4, -0.2) is 23.0 Å². The third-order valence-electron chi connectivity index (χ3n) is 2.69. The minimum Gasteiger partial charge on any atom is -0.478 e. The Morgan fingerprint density at radius 2 is 2.07 bits per heavy atom. The summed E-state index contributed by atoms with van der Waals surface area (Å²) in [7, 11) is 0. The number of carbonyl (C=O) groups is 2. The maximum absolute atomic E-state index is 11.3. The summed E-state index contributed by atoms with van der Waals surface area (Å²) in [5.41, 5.74) is 0.286. The van der Waals surface area contributed by atoms with E-state index in [1.54, 1.807) is 0 Å². The molecule has 1 saturated carbocycles. The smallest absolute Gasteiger partial charge is 0.328 e. The summed E-state index contributed by atoms with van der Waals surface area (Å²) in [6, 6.07) is 0.186. The zero-order chi connectivity index (χ0) is 11.5. The van der Waals surface area contributed by atoms with Gasteiger partial charge in [0.15, 0.2) is 0 Å². The van der Waals surface area contributed by atoms with Crippen LogP contribution in [0.3, 0.4) is 0 Å². The first kappa shape index (κ1) is 11.8. The molecule has 4 nitrogen and oxygen atoms in total. The first-order valence-corrected chi connectivity index (χ1v) is 5.10. The number of hydrogen-bond acceptors (Lipinski definition) is 2. The van der Waals surface area contributed by atoms with E-state index in [1.807, 2.05) is 0 Å². The average Bonchev–Trinajstić information content (AvgIpc) is 2.42. The summed E-state index contributed by atoms with van der Waals surface area (Å²) in [4.78, 5) is 21.4. The Labute approximate surface area is 89.4 Å². The number of rotatable bonds is 3. The summed E-state index contributed by atoms with van der Waals surface area (Å²) in [6.07, 6.45) is 4.95. The molecule has 4 heteroatoms. The number of nitrogens with one attached hydrogen (secondary N) is 1. The van der Waals surface area contributed by atoms with Crippen LogP contribution in [0, 0.1) is 5.41 Å². The Morgan fingerprint density at radius 3 is 2.53 bits per heavy atom. The lowest BCUT2D eigenvalue weighted by molar-refractivity contribution is -0.131. The van der Waals surface area contributed by atoms with Crippen LogP contribution in [0.15, 0.2) is 12.2 Å². The highest BCUT2D eigenvalue weighted by atomic mass is 16.4. The quantitative estimate of drug-likeness (QED) is 0.692. The molecule has 2 N–H and O–H groups in total. The van der Waals surface area contributed by atoms with E-state index >= 15 is 0 Å². The molecule has 0 heterocycles. The van der Waals surface area contributed by atoms with Gasteiger partial charge in [0.1, 0.15) is 0 Å². The molecule has 0 aromatic rings. The fourth-order valence-electron chi connectivity index (χ4n) is 1.96. The van der Waals surface area contributed by atoms with Gasteiger partial charge in [0, 0.05) is 18.2 Å². The van der Waals surface area contributed by atoms with Crippen molar-refractivity contribution in [2.24, 2.45) is 5.41 Å². The highest BCUT2D eigenvalue weighted by Gasteiger charge is 2.31. The Kier molecular flexibility index (Phi) is 3.50. The molecule has 0 aromatic heterocycles. The van der Waals surface area contributed by atoms with Crippen molar-refractivity contribution in [3.8, 4) is 0 Å². The summed E-state index contributed by atoms with van der Waals surface area (Å²) in [5, 5.41) is 11.1. The molecule has 0 saturated heterocycles.